The first-order valence-corrected chi connectivity index (χ1v) is 10.8. The van der Waals surface area contributed by atoms with E-state index in [1.165, 1.54) is 32.1 Å². The molecule has 0 saturated heterocycles. The molecule has 1 aromatic carbocycles. The van der Waals surface area contributed by atoms with Crippen molar-refractivity contribution in [3.05, 3.63) is 53.3 Å². The minimum Gasteiger partial charge on any atom is -0.351 e. The maximum Gasteiger partial charge on any atom is 0.255 e. The van der Waals surface area contributed by atoms with Gasteiger partial charge in [-0.1, -0.05) is 62.4 Å². The third kappa shape index (κ3) is 5.05. The monoisotopic (exact) mass is 394 g/mol. The van der Waals surface area contributed by atoms with Crippen molar-refractivity contribution < 1.29 is 9.59 Å². The molecule has 0 radical (unpaired) electrons. The van der Waals surface area contributed by atoms with Crippen LogP contribution in [-0.2, 0) is 24.3 Å². The van der Waals surface area contributed by atoms with E-state index in [0.717, 1.165) is 17.7 Å². The zero-order chi connectivity index (χ0) is 20.1. The molecule has 2 heterocycles. The largest absolute Gasteiger partial charge is 0.351 e. The average molecular weight is 395 g/mol. The van der Waals surface area contributed by atoms with Crippen molar-refractivity contribution in [3.63, 3.8) is 0 Å². The lowest BCUT2D eigenvalue weighted by atomic mass is 9.86. The van der Waals surface area contributed by atoms with E-state index in [4.69, 9.17) is 0 Å². The highest BCUT2D eigenvalue weighted by atomic mass is 16.2. The number of carbonyl (C=O) groups excluding carboxylic acids is 2. The van der Waals surface area contributed by atoms with Crippen LogP contribution >= 0.6 is 0 Å². The van der Waals surface area contributed by atoms with E-state index >= 15 is 0 Å². The first-order valence-electron chi connectivity index (χ1n) is 10.8. The zero-order valence-corrected chi connectivity index (χ0v) is 16.9. The SMILES string of the molecule is O=C(CCC1CCCCC1)N[C@H]1Cc2c(C(=O)NCc3ccccc3)cnn2C1. The van der Waals surface area contributed by atoms with E-state index in [-0.39, 0.29) is 17.9 Å². The summed E-state index contributed by atoms with van der Waals surface area (Å²) in [6, 6.07) is 9.88. The number of benzene rings is 1. The third-order valence-corrected chi connectivity index (χ3v) is 6.19. The maximum atomic E-state index is 12.6. The summed E-state index contributed by atoms with van der Waals surface area (Å²) < 4.78 is 1.85. The van der Waals surface area contributed by atoms with Crippen LogP contribution in [0, 0.1) is 5.92 Å². The molecule has 1 fully saturated rings. The van der Waals surface area contributed by atoms with Gasteiger partial charge in [-0.15, -0.1) is 0 Å². The molecular formula is C23H30N4O2. The van der Waals surface area contributed by atoms with Gasteiger partial charge in [0, 0.05) is 19.4 Å². The number of hydrogen-bond acceptors (Lipinski definition) is 3. The predicted octanol–water partition coefficient (Wildman–Crippen LogP) is 3.21. The maximum absolute atomic E-state index is 12.6. The molecule has 6 heteroatoms. The summed E-state index contributed by atoms with van der Waals surface area (Å²) in [7, 11) is 0. The van der Waals surface area contributed by atoms with Gasteiger partial charge in [0.25, 0.3) is 5.91 Å². The van der Waals surface area contributed by atoms with Crippen molar-refractivity contribution in [1.29, 1.82) is 0 Å². The van der Waals surface area contributed by atoms with Gasteiger partial charge >= 0.3 is 0 Å². The van der Waals surface area contributed by atoms with E-state index in [1.807, 2.05) is 35.0 Å². The Kier molecular flexibility index (Phi) is 6.27. The fourth-order valence-electron chi connectivity index (χ4n) is 4.56. The second kappa shape index (κ2) is 9.25. The minimum atomic E-state index is -0.112. The molecule has 1 aromatic heterocycles. The van der Waals surface area contributed by atoms with Crippen LogP contribution in [0.5, 0.6) is 0 Å². The molecule has 1 saturated carbocycles. The number of carbonyl (C=O) groups is 2. The molecule has 0 spiro atoms. The predicted molar refractivity (Wildman–Crippen MR) is 111 cm³/mol. The number of rotatable bonds is 7. The first-order chi connectivity index (χ1) is 14.2. The Morgan fingerprint density at radius 2 is 1.90 bits per heavy atom. The molecule has 2 aliphatic rings. The van der Waals surface area contributed by atoms with Crippen LogP contribution in [0.25, 0.3) is 0 Å². The quantitative estimate of drug-likeness (QED) is 0.757. The molecule has 6 nitrogen and oxygen atoms in total. The highest BCUT2D eigenvalue weighted by Gasteiger charge is 2.28. The van der Waals surface area contributed by atoms with Gasteiger partial charge in [0.2, 0.25) is 5.91 Å². The number of amides is 2. The number of aromatic nitrogens is 2. The highest BCUT2D eigenvalue weighted by molar-refractivity contribution is 5.95. The molecule has 1 aliphatic carbocycles. The topological polar surface area (TPSA) is 76.0 Å². The van der Waals surface area contributed by atoms with Crippen LogP contribution in [0.15, 0.2) is 36.5 Å². The van der Waals surface area contributed by atoms with Gasteiger partial charge < -0.3 is 10.6 Å². The van der Waals surface area contributed by atoms with Crippen LogP contribution in [0.4, 0.5) is 0 Å². The van der Waals surface area contributed by atoms with Crippen LogP contribution in [0.1, 0.15) is 66.6 Å². The van der Waals surface area contributed by atoms with E-state index in [2.05, 4.69) is 15.7 Å². The van der Waals surface area contributed by atoms with Crippen molar-refractivity contribution in [3.8, 4) is 0 Å². The van der Waals surface area contributed by atoms with E-state index in [9.17, 15) is 9.59 Å². The Labute approximate surface area is 172 Å². The van der Waals surface area contributed by atoms with Gasteiger partial charge in [0.05, 0.1) is 30.0 Å². The Morgan fingerprint density at radius 1 is 1.10 bits per heavy atom. The Morgan fingerprint density at radius 3 is 2.69 bits per heavy atom. The van der Waals surface area contributed by atoms with Crippen molar-refractivity contribution in [1.82, 2.24) is 20.4 Å². The molecule has 1 aliphatic heterocycles. The molecule has 0 unspecified atom stereocenters. The Bertz CT molecular complexity index is 840. The van der Waals surface area contributed by atoms with E-state index in [0.29, 0.717) is 37.4 Å². The first kappa shape index (κ1) is 19.7. The van der Waals surface area contributed by atoms with Crippen molar-refractivity contribution in [2.45, 2.75) is 70.5 Å². The molecule has 1 atom stereocenters. The summed E-state index contributed by atoms with van der Waals surface area (Å²) in [5, 5.41) is 10.5. The second-order valence-corrected chi connectivity index (χ2v) is 8.37. The molecule has 4 rings (SSSR count). The zero-order valence-electron chi connectivity index (χ0n) is 16.9. The van der Waals surface area contributed by atoms with Gasteiger partial charge in [0.1, 0.15) is 0 Å². The Balaban J connectivity index is 1.26. The average Bonchev–Trinajstić information content (AvgIpc) is 3.32. The van der Waals surface area contributed by atoms with Crippen LogP contribution in [0.2, 0.25) is 0 Å². The molecule has 2 aromatic rings. The third-order valence-electron chi connectivity index (χ3n) is 6.19. The normalized spacial score (nSPS) is 19.0. The van der Waals surface area contributed by atoms with Crippen LogP contribution in [0.3, 0.4) is 0 Å². The van der Waals surface area contributed by atoms with Gasteiger partial charge in [-0.3, -0.25) is 14.3 Å². The number of nitrogens with zero attached hydrogens (tertiary/aromatic N) is 2. The van der Waals surface area contributed by atoms with Gasteiger partial charge in [-0.25, -0.2) is 0 Å². The van der Waals surface area contributed by atoms with E-state index < -0.39 is 0 Å². The fourth-order valence-corrected chi connectivity index (χ4v) is 4.56. The highest BCUT2D eigenvalue weighted by Crippen LogP contribution is 2.27. The smallest absolute Gasteiger partial charge is 0.255 e. The number of fused-ring (bicyclic) bond motifs is 1. The summed E-state index contributed by atoms with van der Waals surface area (Å²) in [6.45, 7) is 1.13. The van der Waals surface area contributed by atoms with Gasteiger partial charge in [0.15, 0.2) is 0 Å². The van der Waals surface area contributed by atoms with E-state index in [1.54, 1.807) is 6.20 Å². The molecule has 2 amide bonds. The lowest BCUT2D eigenvalue weighted by Gasteiger charge is -2.21. The molecule has 2 N–H and O–H groups in total. The lowest BCUT2D eigenvalue weighted by molar-refractivity contribution is -0.122. The summed E-state index contributed by atoms with van der Waals surface area (Å²) in [4.78, 5) is 25.0. The van der Waals surface area contributed by atoms with Crippen LogP contribution < -0.4 is 10.6 Å². The standard InChI is InChI=1S/C23H30N4O2/c28-22(12-11-17-7-3-1-4-8-17)26-19-13-21-20(15-25-27(21)16-19)23(29)24-14-18-9-5-2-6-10-18/h2,5-6,9-10,15,17,19H,1,3-4,7-8,11-14,16H2,(H,24,29)(H,26,28)/t19-/m0/s1. The van der Waals surface area contributed by atoms with Crippen molar-refractivity contribution in [2.75, 3.05) is 0 Å². The molecule has 154 valence electrons. The van der Waals surface area contributed by atoms with Crippen molar-refractivity contribution in [2.24, 2.45) is 5.92 Å². The number of nitrogens with one attached hydrogen (secondary N) is 2. The minimum absolute atomic E-state index is 0.0261. The summed E-state index contributed by atoms with van der Waals surface area (Å²) in [5.74, 6) is 0.731. The summed E-state index contributed by atoms with van der Waals surface area (Å²) in [6.07, 6.45) is 10.4. The summed E-state index contributed by atoms with van der Waals surface area (Å²) in [5.41, 5.74) is 2.58. The van der Waals surface area contributed by atoms with Gasteiger partial charge in [-0.05, 0) is 17.9 Å². The molecular weight excluding hydrogens is 364 g/mol. The van der Waals surface area contributed by atoms with Crippen LogP contribution in [-0.4, -0.2) is 27.6 Å². The number of hydrogen-bond donors (Lipinski definition) is 2. The molecule has 0 bridgehead atoms. The Hall–Kier alpha value is -2.63. The van der Waals surface area contributed by atoms with Crippen molar-refractivity contribution >= 4 is 11.8 Å². The fraction of sp³-hybridized carbons (Fsp3) is 0.522. The van der Waals surface area contributed by atoms with Gasteiger partial charge in [-0.2, -0.15) is 5.10 Å². The summed E-state index contributed by atoms with van der Waals surface area (Å²) >= 11 is 0. The molecule has 29 heavy (non-hydrogen) atoms. The second-order valence-electron chi connectivity index (χ2n) is 8.37. The lowest BCUT2D eigenvalue weighted by Crippen LogP contribution is -2.36.